The van der Waals surface area contributed by atoms with E-state index in [2.05, 4.69) is 23.4 Å². The molecule has 0 aliphatic carbocycles. The van der Waals surface area contributed by atoms with E-state index >= 15 is 0 Å². The Morgan fingerprint density at radius 2 is 1.77 bits per heavy atom. The first-order valence-electron chi connectivity index (χ1n) is 5.32. The number of imidazole rings is 1. The Bertz CT molecular complexity index is 157. The van der Waals surface area contributed by atoms with Gasteiger partial charge in [-0.2, -0.15) is 0 Å². The van der Waals surface area contributed by atoms with Crippen LogP contribution in [0.25, 0.3) is 0 Å². The van der Waals surface area contributed by atoms with Gasteiger partial charge in [-0.15, -0.1) is 0 Å². The summed E-state index contributed by atoms with van der Waals surface area (Å²) in [5.74, 6) is 0. The summed E-state index contributed by atoms with van der Waals surface area (Å²) in [6, 6.07) is 0.590. The zero-order valence-electron chi connectivity index (χ0n) is 9.91. The van der Waals surface area contributed by atoms with Gasteiger partial charge in [0, 0.05) is 18.4 Å². The van der Waals surface area contributed by atoms with Crippen LogP contribution in [0.5, 0.6) is 0 Å². The van der Waals surface area contributed by atoms with Gasteiger partial charge in [0.05, 0.1) is 6.33 Å². The molecule has 78 valence electrons. The Hall–Kier alpha value is -0.790. The van der Waals surface area contributed by atoms with Crippen LogP contribution >= 0.6 is 0 Å². The minimum absolute atomic E-state index is 0.590. The molecule has 2 heteroatoms. The molecule has 0 saturated heterocycles. The van der Waals surface area contributed by atoms with Crippen LogP contribution in [0.2, 0.25) is 0 Å². The lowest BCUT2D eigenvalue weighted by molar-refractivity contribution is 0.530. The van der Waals surface area contributed by atoms with Crippen molar-refractivity contribution in [3.05, 3.63) is 18.7 Å². The minimum atomic E-state index is 0.590. The van der Waals surface area contributed by atoms with Crippen molar-refractivity contribution >= 4 is 0 Å². The second kappa shape index (κ2) is 11.2. The molecule has 0 amide bonds. The van der Waals surface area contributed by atoms with Gasteiger partial charge in [0.1, 0.15) is 0 Å². The monoisotopic (exact) mass is 184 g/mol. The summed E-state index contributed by atoms with van der Waals surface area (Å²) in [4.78, 5) is 3.95. The molecule has 0 fully saturated rings. The zero-order valence-corrected chi connectivity index (χ0v) is 9.91. The Morgan fingerprint density at radius 3 is 2.08 bits per heavy atom. The van der Waals surface area contributed by atoms with Crippen LogP contribution in [0.4, 0.5) is 0 Å². The molecule has 1 aromatic heterocycles. The Balaban J connectivity index is 0. The van der Waals surface area contributed by atoms with E-state index in [0.717, 1.165) is 6.42 Å². The van der Waals surface area contributed by atoms with E-state index in [9.17, 15) is 0 Å². The molecule has 1 rings (SSSR count). The number of hydrogen-bond donors (Lipinski definition) is 0. The van der Waals surface area contributed by atoms with Gasteiger partial charge in [-0.25, -0.2) is 4.98 Å². The molecule has 13 heavy (non-hydrogen) atoms. The predicted molar refractivity (Wildman–Crippen MR) is 59.9 cm³/mol. The Labute approximate surface area is 83.0 Å². The molecule has 2 nitrogen and oxygen atoms in total. The van der Waals surface area contributed by atoms with Crippen LogP contribution in [0, 0.1) is 0 Å². The topological polar surface area (TPSA) is 17.8 Å². The summed E-state index contributed by atoms with van der Waals surface area (Å²) in [6.45, 7) is 12.4. The third-order valence-electron chi connectivity index (χ3n) is 1.62. The number of rotatable bonds is 2. The van der Waals surface area contributed by atoms with Crippen LogP contribution in [-0.4, -0.2) is 9.55 Å². The molecular weight excluding hydrogens is 160 g/mol. The summed E-state index contributed by atoms with van der Waals surface area (Å²) in [7, 11) is 0. The number of aromatic nitrogens is 2. The lowest BCUT2D eigenvalue weighted by atomic mass is 10.3. The standard InChI is InChI=1S/C7H12N2.2C2H6/c1-3-7(2)9-5-4-8-6-9;2*1-2/h4-7H,3H2,1-2H3;2*1-2H3. The highest BCUT2D eigenvalue weighted by Crippen LogP contribution is 2.06. The fraction of sp³-hybridized carbons (Fsp3) is 0.727. The summed E-state index contributed by atoms with van der Waals surface area (Å²) < 4.78 is 2.11. The number of hydrogen-bond acceptors (Lipinski definition) is 1. The lowest BCUT2D eigenvalue weighted by Crippen LogP contribution is -1.99. The fourth-order valence-corrected chi connectivity index (χ4v) is 0.741. The van der Waals surface area contributed by atoms with Crippen LogP contribution in [0.1, 0.15) is 54.0 Å². The van der Waals surface area contributed by atoms with Gasteiger partial charge in [0.25, 0.3) is 0 Å². The molecule has 1 unspecified atom stereocenters. The molecule has 0 saturated carbocycles. The molecule has 0 N–H and O–H groups in total. The van der Waals surface area contributed by atoms with Gasteiger partial charge in [-0.05, 0) is 13.3 Å². The first-order chi connectivity index (χ1) is 6.34. The molecule has 1 aromatic rings. The molecule has 1 atom stereocenters. The van der Waals surface area contributed by atoms with Crippen molar-refractivity contribution in [2.45, 2.75) is 54.0 Å². The summed E-state index contributed by atoms with van der Waals surface area (Å²) in [5.41, 5.74) is 0. The van der Waals surface area contributed by atoms with Crippen molar-refractivity contribution in [3.63, 3.8) is 0 Å². The van der Waals surface area contributed by atoms with E-state index in [4.69, 9.17) is 0 Å². The molecule has 1 heterocycles. The SMILES string of the molecule is CC.CC.CCC(C)n1ccnc1. The zero-order chi connectivity index (χ0) is 10.7. The van der Waals surface area contributed by atoms with Crippen molar-refractivity contribution in [2.75, 3.05) is 0 Å². The van der Waals surface area contributed by atoms with Crippen LogP contribution in [0.3, 0.4) is 0 Å². The Morgan fingerprint density at radius 1 is 1.23 bits per heavy atom. The third kappa shape index (κ3) is 6.38. The quantitative estimate of drug-likeness (QED) is 0.681. The van der Waals surface area contributed by atoms with E-state index in [1.165, 1.54) is 0 Å². The van der Waals surface area contributed by atoms with Gasteiger partial charge in [0.2, 0.25) is 0 Å². The average Bonchev–Trinajstić information content (AvgIpc) is 2.76. The molecule has 0 bridgehead atoms. The van der Waals surface area contributed by atoms with Crippen LogP contribution in [-0.2, 0) is 0 Å². The van der Waals surface area contributed by atoms with E-state index in [0.29, 0.717) is 6.04 Å². The minimum Gasteiger partial charge on any atom is -0.335 e. The molecule has 0 aliphatic heterocycles. The van der Waals surface area contributed by atoms with Crippen molar-refractivity contribution in [1.29, 1.82) is 0 Å². The average molecular weight is 184 g/mol. The highest BCUT2D eigenvalue weighted by molar-refractivity contribution is 4.77. The van der Waals surface area contributed by atoms with Crippen LogP contribution in [0.15, 0.2) is 18.7 Å². The van der Waals surface area contributed by atoms with Gasteiger partial charge < -0.3 is 4.57 Å². The van der Waals surface area contributed by atoms with Gasteiger partial charge >= 0.3 is 0 Å². The van der Waals surface area contributed by atoms with Crippen molar-refractivity contribution in [2.24, 2.45) is 0 Å². The van der Waals surface area contributed by atoms with E-state index in [1.54, 1.807) is 0 Å². The second-order valence-corrected chi connectivity index (χ2v) is 2.27. The fourth-order valence-electron chi connectivity index (χ4n) is 0.741. The smallest absolute Gasteiger partial charge is 0.0948 e. The van der Waals surface area contributed by atoms with Gasteiger partial charge in [-0.1, -0.05) is 34.6 Å². The largest absolute Gasteiger partial charge is 0.335 e. The summed E-state index contributed by atoms with van der Waals surface area (Å²) in [5, 5.41) is 0. The van der Waals surface area contributed by atoms with E-state index in [-0.39, 0.29) is 0 Å². The van der Waals surface area contributed by atoms with Crippen LogP contribution < -0.4 is 0 Å². The molecule has 0 aliphatic rings. The van der Waals surface area contributed by atoms with E-state index in [1.807, 2.05) is 46.4 Å². The summed E-state index contributed by atoms with van der Waals surface area (Å²) in [6.07, 6.45) is 6.82. The number of nitrogens with zero attached hydrogens (tertiary/aromatic N) is 2. The molecule has 0 aromatic carbocycles. The second-order valence-electron chi connectivity index (χ2n) is 2.27. The maximum Gasteiger partial charge on any atom is 0.0948 e. The maximum atomic E-state index is 3.95. The molecule has 0 spiro atoms. The van der Waals surface area contributed by atoms with E-state index < -0.39 is 0 Å². The summed E-state index contributed by atoms with van der Waals surface area (Å²) >= 11 is 0. The highest BCUT2D eigenvalue weighted by atomic mass is 15.0. The molecular formula is C11H24N2. The first-order valence-corrected chi connectivity index (χ1v) is 5.32. The van der Waals surface area contributed by atoms with Crippen molar-refractivity contribution in [3.8, 4) is 0 Å². The maximum absolute atomic E-state index is 3.95. The third-order valence-corrected chi connectivity index (χ3v) is 1.62. The Kier molecular flexibility index (Phi) is 12.7. The highest BCUT2D eigenvalue weighted by Gasteiger charge is 1.96. The predicted octanol–water partition coefficient (Wildman–Crippen LogP) is 3.91. The van der Waals surface area contributed by atoms with Gasteiger partial charge in [-0.3, -0.25) is 0 Å². The normalized spacial score (nSPS) is 10.3. The van der Waals surface area contributed by atoms with Crippen molar-refractivity contribution in [1.82, 2.24) is 9.55 Å². The van der Waals surface area contributed by atoms with Gasteiger partial charge in [0.15, 0.2) is 0 Å². The van der Waals surface area contributed by atoms with Crippen molar-refractivity contribution < 1.29 is 0 Å². The first kappa shape index (κ1) is 14.7. The molecule has 0 radical (unpaired) electrons. The lowest BCUT2D eigenvalue weighted by Gasteiger charge is -2.07.